The molecule has 1 N–H and O–H groups in total. The average molecular weight is 282 g/mol. The quantitative estimate of drug-likeness (QED) is 0.940. The minimum atomic E-state index is 0.609. The highest BCUT2D eigenvalue weighted by Crippen LogP contribution is 2.26. The van der Waals surface area contributed by atoms with Gasteiger partial charge in [-0.25, -0.2) is 4.63 Å². The number of benzene rings is 1. The van der Waals surface area contributed by atoms with Crippen molar-refractivity contribution >= 4 is 21.6 Å². The van der Waals surface area contributed by atoms with Gasteiger partial charge in [0.25, 0.3) is 0 Å². The minimum Gasteiger partial charge on any atom is -0.378 e. The maximum absolute atomic E-state index is 4.64. The van der Waals surface area contributed by atoms with Gasteiger partial charge in [-0.2, -0.15) is 0 Å². The van der Waals surface area contributed by atoms with Gasteiger partial charge in [-0.3, -0.25) is 0 Å². The van der Waals surface area contributed by atoms with Gasteiger partial charge in [-0.1, -0.05) is 22.4 Å². The Bertz CT molecular complexity index is 496. The Labute approximate surface area is 102 Å². The van der Waals surface area contributed by atoms with Crippen LogP contribution in [0.25, 0.3) is 0 Å². The van der Waals surface area contributed by atoms with Crippen LogP contribution in [0.4, 0.5) is 5.69 Å². The Morgan fingerprint density at radius 2 is 2.12 bits per heavy atom. The Balaban J connectivity index is 2.11. The van der Waals surface area contributed by atoms with Crippen LogP contribution in [0.3, 0.4) is 0 Å². The molecule has 2 rings (SSSR count). The van der Waals surface area contributed by atoms with E-state index in [-0.39, 0.29) is 0 Å². The van der Waals surface area contributed by atoms with Gasteiger partial charge in [0.05, 0.1) is 6.54 Å². The third kappa shape index (κ3) is 2.24. The van der Waals surface area contributed by atoms with Crippen molar-refractivity contribution in [3.05, 3.63) is 39.6 Å². The Morgan fingerprint density at radius 1 is 1.31 bits per heavy atom. The maximum atomic E-state index is 4.64. The first-order chi connectivity index (χ1) is 7.68. The van der Waals surface area contributed by atoms with E-state index in [1.807, 2.05) is 19.1 Å². The topological polar surface area (TPSA) is 51.0 Å². The zero-order valence-corrected chi connectivity index (χ0v) is 10.7. The normalized spacial score (nSPS) is 10.4. The van der Waals surface area contributed by atoms with E-state index in [2.05, 4.69) is 49.2 Å². The van der Waals surface area contributed by atoms with Gasteiger partial charge >= 0.3 is 0 Å². The van der Waals surface area contributed by atoms with Crippen molar-refractivity contribution in [2.75, 3.05) is 5.32 Å². The van der Waals surface area contributed by atoms with Crippen LogP contribution in [0.5, 0.6) is 0 Å². The third-order valence-corrected chi connectivity index (χ3v) is 3.44. The predicted octanol–water partition coefficient (Wildman–Crippen LogP) is 3.06. The molecular formula is C11H12BrN3O. The molecule has 4 nitrogen and oxygen atoms in total. The van der Waals surface area contributed by atoms with Crippen molar-refractivity contribution in [2.24, 2.45) is 0 Å². The molecule has 84 valence electrons. The average Bonchev–Trinajstić information content (AvgIpc) is 2.67. The Kier molecular flexibility index (Phi) is 3.24. The van der Waals surface area contributed by atoms with Crippen molar-refractivity contribution in [2.45, 2.75) is 20.4 Å². The molecule has 2 aromatic rings. The summed E-state index contributed by atoms with van der Waals surface area (Å²) < 4.78 is 5.71. The van der Waals surface area contributed by atoms with Gasteiger partial charge in [0.1, 0.15) is 11.4 Å². The van der Waals surface area contributed by atoms with Gasteiger partial charge in [-0.15, -0.1) is 0 Å². The SMILES string of the molecule is Cc1cccc(NCc2nonc2C)c1Br. The molecule has 0 aliphatic rings. The molecular weight excluding hydrogens is 270 g/mol. The molecule has 1 aromatic heterocycles. The molecule has 0 saturated carbocycles. The summed E-state index contributed by atoms with van der Waals surface area (Å²) in [4.78, 5) is 0. The summed E-state index contributed by atoms with van der Waals surface area (Å²) in [5.74, 6) is 0. The fourth-order valence-electron chi connectivity index (χ4n) is 1.37. The number of hydrogen-bond donors (Lipinski definition) is 1. The van der Waals surface area contributed by atoms with E-state index in [4.69, 9.17) is 0 Å². The summed E-state index contributed by atoms with van der Waals surface area (Å²) in [5.41, 5.74) is 3.88. The highest BCUT2D eigenvalue weighted by atomic mass is 79.9. The predicted molar refractivity (Wildman–Crippen MR) is 65.2 cm³/mol. The monoisotopic (exact) mass is 281 g/mol. The van der Waals surface area contributed by atoms with Crippen LogP contribution in [0.1, 0.15) is 17.0 Å². The lowest BCUT2D eigenvalue weighted by atomic mass is 10.2. The van der Waals surface area contributed by atoms with Gasteiger partial charge in [0, 0.05) is 10.2 Å². The van der Waals surface area contributed by atoms with Gasteiger partial charge in [-0.05, 0) is 41.4 Å². The maximum Gasteiger partial charge on any atom is 0.127 e. The third-order valence-electron chi connectivity index (χ3n) is 2.38. The molecule has 0 spiro atoms. The smallest absolute Gasteiger partial charge is 0.127 e. The molecule has 0 aliphatic heterocycles. The molecule has 0 amide bonds. The lowest BCUT2D eigenvalue weighted by Gasteiger charge is -2.08. The molecule has 0 fully saturated rings. The summed E-state index contributed by atoms with van der Waals surface area (Å²) in [6, 6.07) is 6.08. The molecule has 0 aliphatic carbocycles. The van der Waals surface area contributed by atoms with Crippen LogP contribution in [-0.2, 0) is 6.54 Å². The van der Waals surface area contributed by atoms with Crippen molar-refractivity contribution in [1.29, 1.82) is 0 Å². The van der Waals surface area contributed by atoms with E-state index >= 15 is 0 Å². The lowest BCUT2D eigenvalue weighted by molar-refractivity contribution is 0.301. The lowest BCUT2D eigenvalue weighted by Crippen LogP contribution is -2.02. The minimum absolute atomic E-state index is 0.609. The second-order valence-electron chi connectivity index (χ2n) is 3.59. The molecule has 5 heteroatoms. The van der Waals surface area contributed by atoms with E-state index in [1.165, 1.54) is 5.56 Å². The molecule has 0 bridgehead atoms. The zero-order chi connectivity index (χ0) is 11.5. The van der Waals surface area contributed by atoms with Crippen LogP contribution in [0.15, 0.2) is 27.3 Å². The summed E-state index contributed by atoms with van der Waals surface area (Å²) in [7, 11) is 0. The van der Waals surface area contributed by atoms with Crippen molar-refractivity contribution in [3.8, 4) is 0 Å². The summed E-state index contributed by atoms with van der Waals surface area (Å²) in [6.07, 6.45) is 0. The first-order valence-corrected chi connectivity index (χ1v) is 5.75. The Hall–Kier alpha value is -1.36. The number of rotatable bonds is 3. The van der Waals surface area contributed by atoms with E-state index in [1.54, 1.807) is 0 Å². The number of halogens is 1. The zero-order valence-electron chi connectivity index (χ0n) is 9.12. The summed E-state index contributed by atoms with van der Waals surface area (Å²) in [5, 5.41) is 10.8. The van der Waals surface area contributed by atoms with Crippen LogP contribution in [0, 0.1) is 13.8 Å². The van der Waals surface area contributed by atoms with Gasteiger partial charge in [0.15, 0.2) is 0 Å². The molecule has 0 atom stereocenters. The fourth-order valence-corrected chi connectivity index (χ4v) is 1.78. The van der Waals surface area contributed by atoms with Crippen LogP contribution in [-0.4, -0.2) is 10.3 Å². The number of nitrogens with zero attached hydrogens (tertiary/aromatic N) is 2. The first-order valence-electron chi connectivity index (χ1n) is 4.95. The fraction of sp³-hybridized carbons (Fsp3) is 0.273. The van der Waals surface area contributed by atoms with E-state index in [0.29, 0.717) is 6.54 Å². The number of nitrogens with one attached hydrogen (secondary N) is 1. The molecule has 1 aromatic carbocycles. The second kappa shape index (κ2) is 4.65. The summed E-state index contributed by atoms with van der Waals surface area (Å²) >= 11 is 3.54. The van der Waals surface area contributed by atoms with Gasteiger partial charge in [0.2, 0.25) is 0 Å². The first kappa shape index (κ1) is 11.1. The highest BCUT2D eigenvalue weighted by Gasteiger charge is 2.06. The van der Waals surface area contributed by atoms with Crippen LogP contribution in [0.2, 0.25) is 0 Å². The number of anilines is 1. The van der Waals surface area contributed by atoms with Crippen LogP contribution >= 0.6 is 15.9 Å². The van der Waals surface area contributed by atoms with Crippen molar-refractivity contribution in [3.63, 3.8) is 0 Å². The molecule has 0 unspecified atom stereocenters. The van der Waals surface area contributed by atoms with Crippen molar-refractivity contribution in [1.82, 2.24) is 10.3 Å². The van der Waals surface area contributed by atoms with Gasteiger partial charge < -0.3 is 5.32 Å². The molecule has 16 heavy (non-hydrogen) atoms. The second-order valence-corrected chi connectivity index (χ2v) is 4.38. The molecule has 0 saturated heterocycles. The van der Waals surface area contributed by atoms with E-state index in [0.717, 1.165) is 21.5 Å². The summed E-state index contributed by atoms with van der Waals surface area (Å²) in [6.45, 7) is 4.54. The number of aromatic nitrogens is 2. The standard InChI is InChI=1S/C11H12BrN3O/c1-7-4-3-5-9(11(7)12)13-6-10-8(2)14-16-15-10/h3-5,13H,6H2,1-2H3. The van der Waals surface area contributed by atoms with Crippen molar-refractivity contribution < 1.29 is 4.63 Å². The van der Waals surface area contributed by atoms with E-state index in [9.17, 15) is 0 Å². The Morgan fingerprint density at radius 3 is 2.81 bits per heavy atom. The largest absolute Gasteiger partial charge is 0.378 e. The number of hydrogen-bond acceptors (Lipinski definition) is 4. The van der Waals surface area contributed by atoms with E-state index < -0.39 is 0 Å². The molecule has 0 radical (unpaired) electrons. The highest BCUT2D eigenvalue weighted by molar-refractivity contribution is 9.10. The number of aryl methyl sites for hydroxylation is 2. The van der Waals surface area contributed by atoms with Crippen LogP contribution < -0.4 is 5.32 Å². The molecule has 1 heterocycles.